The number of rotatable bonds is 9. The number of anilines is 1. The van der Waals surface area contributed by atoms with Gasteiger partial charge in [-0.25, -0.2) is 4.39 Å². The molecule has 0 aliphatic carbocycles. The summed E-state index contributed by atoms with van der Waals surface area (Å²) in [6, 6.07) is 12.9. The van der Waals surface area contributed by atoms with E-state index in [-0.39, 0.29) is 23.3 Å². The van der Waals surface area contributed by atoms with Gasteiger partial charge in [0.05, 0.1) is 17.5 Å². The molecule has 1 aromatic heterocycles. The second-order valence-electron chi connectivity index (χ2n) is 7.12. The summed E-state index contributed by atoms with van der Waals surface area (Å²) in [4.78, 5) is 24.8. The monoisotopic (exact) mass is 453 g/mol. The van der Waals surface area contributed by atoms with Gasteiger partial charge in [-0.05, 0) is 38.1 Å². The fraction of sp³-hybridized carbons (Fsp3) is 0.217. The van der Waals surface area contributed by atoms with Gasteiger partial charge in [0, 0.05) is 12.1 Å². The number of para-hydroxylation sites is 1. The Balaban J connectivity index is 1.67. The van der Waals surface area contributed by atoms with E-state index in [1.165, 1.54) is 23.9 Å². The number of amides is 2. The van der Waals surface area contributed by atoms with Crippen molar-refractivity contribution in [2.75, 3.05) is 11.1 Å². The molecule has 0 radical (unpaired) electrons. The van der Waals surface area contributed by atoms with Crippen LogP contribution in [0.2, 0.25) is 0 Å². The molecule has 0 aliphatic heterocycles. The third-order valence-electron chi connectivity index (χ3n) is 4.55. The molecule has 166 valence electrons. The number of halogens is 1. The number of carbonyl (C=O) groups is 2. The highest BCUT2D eigenvalue weighted by Gasteiger charge is 2.20. The molecule has 0 unspecified atom stereocenters. The van der Waals surface area contributed by atoms with Crippen LogP contribution in [0, 0.1) is 12.7 Å². The molecule has 0 saturated carbocycles. The first kappa shape index (κ1) is 23.2. The van der Waals surface area contributed by atoms with Crippen LogP contribution in [-0.2, 0) is 11.3 Å². The smallest absolute Gasteiger partial charge is 0.251 e. The van der Waals surface area contributed by atoms with E-state index < -0.39 is 11.9 Å². The largest absolute Gasteiger partial charge is 0.342 e. The molecule has 1 atom stereocenters. The summed E-state index contributed by atoms with van der Waals surface area (Å²) in [6.45, 7) is 7.91. The average Bonchev–Trinajstić information content (AvgIpc) is 3.17. The number of aryl methyl sites for hydroxylation is 1. The second kappa shape index (κ2) is 10.7. The summed E-state index contributed by atoms with van der Waals surface area (Å²) < 4.78 is 15.5. The first-order chi connectivity index (χ1) is 15.4. The van der Waals surface area contributed by atoms with E-state index in [0.717, 1.165) is 5.56 Å². The van der Waals surface area contributed by atoms with Crippen LogP contribution in [0.3, 0.4) is 0 Å². The second-order valence-corrected chi connectivity index (χ2v) is 8.06. The lowest BCUT2D eigenvalue weighted by molar-refractivity contribution is -0.113. The van der Waals surface area contributed by atoms with E-state index in [1.807, 2.05) is 32.0 Å². The highest BCUT2D eigenvalue weighted by molar-refractivity contribution is 7.99. The van der Waals surface area contributed by atoms with Crippen LogP contribution in [-0.4, -0.2) is 32.3 Å². The number of hydrogen-bond acceptors (Lipinski definition) is 5. The lowest BCUT2D eigenvalue weighted by Gasteiger charge is -2.15. The van der Waals surface area contributed by atoms with Gasteiger partial charge in [-0.1, -0.05) is 47.7 Å². The van der Waals surface area contributed by atoms with Crippen LogP contribution in [0.1, 0.15) is 34.7 Å². The quantitative estimate of drug-likeness (QED) is 0.376. The number of thioether (sulfide) groups is 1. The molecule has 32 heavy (non-hydrogen) atoms. The molecule has 0 spiro atoms. The van der Waals surface area contributed by atoms with E-state index in [9.17, 15) is 14.0 Å². The molecule has 0 saturated heterocycles. The molecule has 9 heteroatoms. The van der Waals surface area contributed by atoms with Gasteiger partial charge in [0.25, 0.3) is 5.91 Å². The Morgan fingerprint density at radius 3 is 2.72 bits per heavy atom. The third kappa shape index (κ3) is 5.82. The van der Waals surface area contributed by atoms with Crippen LogP contribution < -0.4 is 10.6 Å². The zero-order chi connectivity index (χ0) is 23.1. The van der Waals surface area contributed by atoms with Gasteiger partial charge >= 0.3 is 0 Å². The van der Waals surface area contributed by atoms with Crippen molar-refractivity contribution in [3.8, 4) is 0 Å². The molecule has 0 aliphatic rings. The number of nitrogens with one attached hydrogen (secondary N) is 2. The molecule has 0 fully saturated rings. The molecule has 1 heterocycles. The molecule has 7 nitrogen and oxygen atoms in total. The zero-order valence-corrected chi connectivity index (χ0v) is 18.7. The van der Waals surface area contributed by atoms with Crippen molar-refractivity contribution in [1.82, 2.24) is 20.1 Å². The highest BCUT2D eigenvalue weighted by Crippen LogP contribution is 2.22. The van der Waals surface area contributed by atoms with Gasteiger partial charge in [0.2, 0.25) is 5.91 Å². The fourth-order valence-electron chi connectivity index (χ4n) is 3.04. The minimum Gasteiger partial charge on any atom is -0.342 e. The average molecular weight is 454 g/mol. The Morgan fingerprint density at radius 1 is 1.22 bits per heavy atom. The van der Waals surface area contributed by atoms with Crippen LogP contribution in [0.5, 0.6) is 0 Å². The van der Waals surface area contributed by atoms with Gasteiger partial charge in [-0.15, -0.1) is 16.8 Å². The van der Waals surface area contributed by atoms with Crippen molar-refractivity contribution in [2.45, 2.75) is 31.6 Å². The van der Waals surface area contributed by atoms with Crippen molar-refractivity contribution in [2.24, 2.45) is 0 Å². The van der Waals surface area contributed by atoms with Crippen LogP contribution in [0.15, 0.2) is 66.3 Å². The first-order valence-corrected chi connectivity index (χ1v) is 11.0. The molecule has 2 amide bonds. The number of nitrogens with zero attached hydrogens (tertiary/aromatic N) is 3. The molecular formula is C23H24FN5O2S. The summed E-state index contributed by atoms with van der Waals surface area (Å²) in [5.41, 5.74) is 1.68. The van der Waals surface area contributed by atoms with Crippen molar-refractivity contribution >= 4 is 29.3 Å². The Kier molecular flexibility index (Phi) is 7.77. The van der Waals surface area contributed by atoms with Gasteiger partial charge in [0.15, 0.2) is 11.0 Å². The van der Waals surface area contributed by atoms with Crippen molar-refractivity contribution in [3.63, 3.8) is 0 Å². The summed E-state index contributed by atoms with van der Waals surface area (Å²) in [5.74, 6) is -0.513. The predicted octanol–water partition coefficient (Wildman–Crippen LogP) is 4.13. The van der Waals surface area contributed by atoms with Crippen molar-refractivity contribution < 1.29 is 14.0 Å². The molecule has 3 rings (SSSR count). The third-order valence-corrected chi connectivity index (χ3v) is 5.52. The molecular weight excluding hydrogens is 429 g/mol. The summed E-state index contributed by atoms with van der Waals surface area (Å²) in [5, 5.41) is 14.4. The number of benzene rings is 2. The van der Waals surface area contributed by atoms with Crippen molar-refractivity contribution in [3.05, 3.63) is 84.0 Å². The van der Waals surface area contributed by atoms with Gasteiger partial charge in [0.1, 0.15) is 5.82 Å². The van der Waals surface area contributed by atoms with E-state index in [4.69, 9.17) is 0 Å². The minimum atomic E-state index is -0.499. The standard InChI is InChI=1S/C23H24FN5O2S/c1-4-12-29-21(16(3)25-22(31)17-9-7-8-15(2)13-17)27-28-23(29)32-14-20(30)26-19-11-6-5-10-18(19)24/h4-11,13,16H,1,12,14H2,2-3H3,(H,25,31)(H,26,30)/t16-/m1/s1. The molecule has 0 bridgehead atoms. The first-order valence-electron chi connectivity index (χ1n) is 9.97. The highest BCUT2D eigenvalue weighted by atomic mass is 32.2. The van der Waals surface area contributed by atoms with Crippen molar-refractivity contribution in [1.29, 1.82) is 0 Å². The van der Waals surface area contributed by atoms with Crippen LogP contribution in [0.4, 0.5) is 10.1 Å². The van der Waals surface area contributed by atoms with Crippen LogP contribution in [0.25, 0.3) is 0 Å². The fourth-order valence-corrected chi connectivity index (χ4v) is 3.79. The normalized spacial score (nSPS) is 11.6. The Bertz CT molecular complexity index is 1130. The Labute approximate surface area is 190 Å². The maximum Gasteiger partial charge on any atom is 0.251 e. The maximum atomic E-state index is 13.7. The predicted molar refractivity (Wildman–Crippen MR) is 123 cm³/mol. The molecule has 2 aromatic carbocycles. The number of hydrogen-bond donors (Lipinski definition) is 2. The van der Waals surface area contributed by atoms with E-state index >= 15 is 0 Å². The summed E-state index contributed by atoms with van der Waals surface area (Å²) >= 11 is 1.17. The molecule has 2 N–H and O–H groups in total. The number of carbonyl (C=O) groups excluding carboxylic acids is 2. The topological polar surface area (TPSA) is 88.9 Å². The molecule has 3 aromatic rings. The number of allylic oxidation sites excluding steroid dienone is 1. The Morgan fingerprint density at radius 2 is 2.00 bits per heavy atom. The SMILES string of the molecule is C=CCn1c(SCC(=O)Nc2ccccc2F)nnc1[C@@H](C)NC(=O)c1cccc(C)c1. The minimum absolute atomic E-state index is 0.0215. The number of aromatic nitrogens is 3. The van der Waals surface area contributed by atoms with Gasteiger partial charge < -0.3 is 15.2 Å². The maximum absolute atomic E-state index is 13.7. The summed E-state index contributed by atoms with van der Waals surface area (Å²) in [7, 11) is 0. The lowest BCUT2D eigenvalue weighted by atomic mass is 10.1. The lowest BCUT2D eigenvalue weighted by Crippen LogP contribution is -2.29. The van der Waals surface area contributed by atoms with Gasteiger partial charge in [-0.2, -0.15) is 0 Å². The zero-order valence-electron chi connectivity index (χ0n) is 17.8. The Hall–Kier alpha value is -3.46. The van der Waals surface area contributed by atoms with Gasteiger partial charge in [-0.3, -0.25) is 9.59 Å². The summed E-state index contributed by atoms with van der Waals surface area (Å²) in [6.07, 6.45) is 1.69. The van der Waals surface area contributed by atoms with E-state index in [1.54, 1.807) is 28.8 Å². The van der Waals surface area contributed by atoms with E-state index in [2.05, 4.69) is 27.4 Å². The van der Waals surface area contributed by atoms with Crippen LogP contribution >= 0.6 is 11.8 Å². The van der Waals surface area contributed by atoms with E-state index in [0.29, 0.717) is 23.1 Å².